The average Bonchev–Trinajstić information content (AvgIpc) is 1.66. The Balaban J connectivity index is 0.000000123. The van der Waals surface area contributed by atoms with Gasteiger partial charge in [0.25, 0.3) is 0 Å². The highest BCUT2D eigenvalue weighted by Crippen LogP contribution is 2.37. The molecule has 20 rings (SSSR count). The largest absolute Gasteiger partial charge is 0.411 e. The quantitative estimate of drug-likeness (QED) is 0.0128. The third kappa shape index (κ3) is 26.2. The van der Waals surface area contributed by atoms with Crippen LogP contribution in [0, 0.1) is 29.1 Å². The maximum Gasteiger partial charge on any atom is 0.150 e. The van der Waals surface area contributed by atoms with Gasteiger partial charge in [0, 0.05) is 206 Å². The molecule has 0 atom stereocenters. The Kier molecular flexibility index (Phi) is 33.4. The topological polar surface area (TPSA) is 157 Å². The third-order valence-electron chi connectivity index (χ3n) is 28.6. The molecular weight excluding hydrogens is 1700 g/mol. The standard InChI is InChI=1S/2C24H29FN2O.C22H24FN3O.C22H26FN3.C22H23FN2O/c1-24(2,28)20-6-5-19-10-16-27(23(19)17-20)22-11-14-26(15-12-22)13-9-18-3-7-21(25)8-4-18;25-22-7-4-19(5-8-22)9-13-26-14-11-23(12-15-26)27-16-10-21-6-3-20(2-1-17-28)18-24(21)27;23-20-5-2-17(3-6-20)7-11-25-12-9-21(10-13-25)26-14-8-19-4-1-18(16-24-27)15-22(19)26;23-20-5-2-17(3-6-20)7-11-25-12-9-21(10-13-25)26-14-8-19-4-1-18(16-24)15-22(19)26;23-20-5-2-17(3-6-20)7-11-24-12-9-21(10-13-24)25-14-8-19-4-1-18(16-26)15-22(19)25/h3-8,10,16-17,22,28H,9,11-15H2,1-2H3;3-8,10,16,18,23,28H,1-2,9,11-15,17H2;1-6,8,14-16,21,27H,7,9-13H2;1-6,8,14-15,21H,7,9-13,16,24H2;1-6,8,14-16,21H,7,9-13H2. The van der Waals surface area contributed by atoms with Crippen LogP contribution in [0.3, 0.4) is 0 Å². The third-order valence-corrected chi connectivity index (χ3v) is 28.6. The summed E-state index contributed by atoms with van der Waals surface area (Å²) in [5, 5.41) is 37.6. The van der Waals surface area contributed by atoms with Gasteiger partial charge in [-0.25, -0.2) is 22.0 Å². The van der Waals surface area contributed by atoms with E-state index in [1.165, 1.54) is 131 Å². The number of aliphatic hydroxyl groups excluding tert-OH is 1. The van der Waals surface area contributed by atoms with Crippen molar-refractivity contribution in [2.75, 3.05) is 105 Å². The second-order valence-corrected chi connectivity index (χ2v) is 38.0. The molecule has 10 aromatic carbocycles. The van der Waals surface area contributed by atoms with Gasteiger partial charge in [0.15, 0.2) is 0 Å². The van der Waals surface area contributed by atoms with Gasteiger partial charge in [0.2, 0.25) is 0 Å². The van der Waals surface area contributed by atoms with E-state index in [1.807, 2.05) is 105 Å². The van der Waals surface area contributed by atoms with Gasteiger partial charge in [-0.05, 0) is 321 Å². The Labute approximate surface area is 791 Å². The minimum Gasteiger partial charge on any atom is -0.411 e. The second kappa shape index (κ2) is 46.7. The Morgan fingerprint density at radius 3 is 0.859 bits per heavy atom. The molecule has 0 unspecified atom stereocenters. The first-order valence-electron chi connectivity index (χ1n) is 48.8. The summed E-state index contributed by atoms with van der Waals surface area (Å²) in [5.41, 5.74) is 22.2. The zero-order chi connectivity index (χ0) is 93.6. The van der Waals surface area contributed by atoms with Crippen LogP contribution in [-0.4, -0.2) is 180 Å². The number of aryl methyl sites for hydroxylation is 1. The van der Waals surface area contributed by atoms with Gasteiger partial charge >= 0.3 is 0 Å². The van der Waals surface area contributed by atoms with Gasteiger partial charge in [0.1, 0.15) is 35.4 Å². The number of hydrogen-bond donors (Lipinski definition) is 4. The van der Waals surface area contributed by atoms with Crippen molar-refractivity contribution in [1.82, 2.24) is 47.3 Å². The van der Waals surface area contributed by atoms with E-state index in [0.717, 1.165) is 223 Å². The Hall–Kier alpha value is -11.6. The highest BCUT2D eigenvalue weighted by molar-refractivity contribution is 5.90. The molecule has 21 heteroatoms. The number of carbonyl (C=O) groups excluding carboxylic acids is 1. The van der Waals surface area contributed by atoms with Crippen LogP contribution in [0.5, 0.6) is 0 Å². The van der Waals surface area contributed by atoms with E-state index < -0.39 is 5.60 Å². The number of oxime groups is 1. The summed E-state index contributed by atoms with van der Waals surface area (Å²) in [6, 6.07) is 79.2. The minimum atomic E-state index is -0.826. The number of rotatable bonds is 27. The van der Waals surface area contributed by atoms with E-state index in [0.29, 0.717) is 36.8 Å². The molecule has 135 heavy (non-hydrogen) atoms. The highest BCUT2D eigenvalue weighted by atomic mass is 19.1. The van der Waals surface area contributed by atoms with Gasteiger partial charge in [-0.15, -0.1) is 0 Å². The number of fused-ring (bicyclic) bond motifs is 5. The summed E-state index contributed by atoms with van der Waals surface area (Å²) in [4.78, 5) is 23.6. The van der Waals surface area contributed by atoms with Crippen molar-refractivity contribution in [2.24, 2.45) is 10.9 Å². The minimum absolute atomic E-state index is 0.161. The zero-order valence-electron chi connectivity index (χ0n) is 78.2. The van der Waals surface area contributed by atoms with Crippen molar-refractivity contribution >= 4 is 67.0 Å². The molecular formula is C114H131F5N12O4. The Morgan fingerprint density at radius 1 is 0.326 bits per heavy atom. The Morgan fingerprint density at radius 2 is 0.578 bits per heavy atom. The van der Waals surface area contributed by atoms with Crippen LogP contribution >= 0.6 is 0 Å². The van der Waals surface area contributed by atoms with Crippen LogP contribution in [0.25, 0.3) is 54.5 Å². The fourth-order valence-electron chi connectivity index (χ4n) is 20.4. The van der Waals surface area contributed by atoms with Crippen LogP contribution in [0.2, 0.25) is 0 Å². The van der Waals surface area contributed by atoms with Crippen LogP contribution in [0.4, 0.5) is 22.0 Å². The monoisotopic (exact) mass is 1830 g/mol. The molecule has 0 radical (unpaired) electrons. The lowest BCUT2D eigenvalue weighted by Gasteiger charge is -2.33. The number of hydrogen-bond acceptors (Lipinski definition) is 11. The Bertz CT molecular complexity index is 6280. The molecule has 5 N–H and O–H groups in total. The van der Waals surface area contributed by atoms with Crippen LogP contribution in [-0.2, 0) is 50.7 Å². The fourth-order valence-corrected chi connectivity index (χ4v) is 20.4. The molecule has 706 valence electrons. The molecule has 0 saturated carbocycles. The maximum absolute atomic E-state index is 13.0. The van der Waals surface area contributed by atoms with E-state index in [-0.39, 0.29) is 35.7 Å². The van der Waals surface area contributed by atoms with Gasteiger partial charge in [-0.3, -0.25) is 4.79 Å². The smallest absolute Gasteiger partial charge is 0.150 e. The summed E-state index contributed by atoms with van der Waals surface area (Å²) in [6.07, 6.45) is 31.3. The van der Waals surface area contributed by atoms with Crippen LogP contribution in [0.1, 0.15) is 175 Å². The second-order valence-electron chi connectivity index (χ2n) is 38.0. The molecule has 15 aromatic rings. The number of likely N-dealkylation sites (tertiary alicyclic amines) is 5. The first kappa shape index (κ1) is 96.5. The average molecular weight is 1830 g/mol. The summed E-state index contributed by atoms with van der Waals surface area (Å²) >= 11 is 0. The molecule has 5 fully saturated rings. The summed E-state index contributed by atoms with van der Waals surface area (Å²) in [5.74, 6) is -0.844. The van der Waals surface area contributed by atoms with Crippen molar-refractivity contribution in [3.63, 3.8) is 0 Å². The molecule has 0 bridgehead atoms. The number of nitrogens with zero attached hydrogens (tertiary/aromatic N) is 11. The lowest BCUT2D eigenvalue weighted by molar-refractivity contribution is 0.0787. The van der Waals surface area contributed by atoms with Gasteiger partial charge < -0.3 is 68.5 Å². The van der Waals surface area contributed by atoms with E-state index in [2.05, 4.69) is 174 Å². The summed E-state index contributed by atoms with van der Waals surface area (Å²) in [6.45, 7) is 20.5. The van der Waals surface area contributed by atoms with E-state index in [1.54, 1.807) is 36.4 Å². The number of nitrogens with two attached hydrogens (primary N) is 1. The zero-order valence-corrected chi connectivity index (χ0v) is 78.2. The molecule has 5 saturated heterocycles. The van der Waals surface area contributed by atoms with Gasteiger partial charge in [-0.1, -0.05) is 126 Å². The number of aldehydes is 1. The normalized spacial score (nSPS) is 16.4. The maximum atomic E-state index is 13.0. The first-order chi connectivity index (χ1) is 65.8. The molecule has 10 heterocycles. The highest BCUT2D eigenvalue weighted by Gasteiger charge is 2.29. The predicted molar refractivity (Wildman–Crippen MR) is 537 cm³/mol. The summed E-state index contributed by atoms with van der Waals surface area (Å²) in [7, 11) is 0. The van der Waals surface area contributed by atoms with Crippen LogP contribution < -0.4 is 5.73 Å². The number of carbonyl (C=O) groups is 1. The first-order valence-corrected chi connectivity index (χ1v) is 48.8. The number of benzene rings is 10. The van der Waals surface area contributed by atoms with Gasteiger partial charge in [0.05, 0.1) is 11.8 Å². The molecule has 0 aliphatic carbocycles. The summed E-state index contributed by atoms with van der Waals surface area (Å²) < 4.78 is 77.0. The van der Waals surface area contributed by atoms with E-state index in [9.17, 15) is 31.9 Å². The number of aliphatic hydroxyl groups is 2. The van der Waals surface area contributed by atoms with Crippen LogP contribution in [0.15, 0.2) is 279 Å². The molecule has 0 amide bonds. The van der Waals surface area contributed by atoms with Crippen molar-refractivity contribution < 1.29 is 42.2 Å². The van der Waals surface area contributed by atoms with Crippen molar-refractivity contribution in [1.29, 1.82) is 0 Å². The van der Waals surface area contributed by atoms with Crippen molar-refractivity contribution in [3.8, 4) is 0 Å². The molecule has 0 spiro atoms. The lowest BCUT2D eigenvalue weighted by Crippen LogP contribution is -2.35. The van der Waals surface area contributed by atoms with E-state index in [4.69, 9.17) is 16.0 Å². The van der Waals surface area contributed by atoms with Gasteiger partial charge in [-0.2, -0.15) is 0 Å². The number of piperidine rings is 5. The SMILES string of the molecule is CC(C)(O)c1ccc2ccn(C3CCN(CCc4ccc(F)cc4)CC3)c2c1.NCc1ccc2ccn(C3CCN(CCc4ccc(F)cc4)CC3)c2c1.O=Cc1ccc2ccn(C3CCN(CCc4ccc(F)cc4)CC3)c2c1.OCCCc1ccc2ccn(C3CCN(CCc4ccc(F)cc4)CC3)c2c1.ON=Cc1ccc2ccn(C3CCN(CCc4ccc(F)cc4)CC3)c2c1. The van der Waals surface area contributed by atoms with Crippen molar-refractivity contribution in [2.45, 2.75) is 165 Å². The van der Waals surface area contributed by atoms with Crippen molar-refractivity contribution in [3.05, 3.63) is 358 Å². The molecule has 5 aromatic heterocycles. The fraction of sp³-hybridized carbons (Fsp3) is 0.368. The number of aromatic nitrogens is 5. The molecule has 16 nitrogen and oxygen atoms in total. The molecule has 5 aliphatic rings. The number of halogens is 5. The predicted octanol–water partition coefficient (Wildman–Crippen LogP) is 22.5. The molecule has 5 aliphatic heterocycles. The van der Waals surface area contributed by atoms with E-state index >= 15 is 0 Å². The lowest BCUT2D eigenvalue weighted by atomic mass is 9.97.